The van der Waals surface area contributed by atoms with Crippen LogP contribution in [0.5, 0.6) is 0 Å². The predicted molar refractivity (Wildman–Crippen MR) is 143 cm³/mol. The van der Waals surface area contributed by atoms with Gasteiger partial charge in [-0.3, -0.25) is 23.5 Å². The van der Waals surface area contributed by atoms with Gasteiger partial charge >= 0.3 is 5.69 Å². The topological polar surface area (TPSA) is 137 Å². The molecule has 196 valence electrons. The van der Waals surface area contributed by atoms with Crippen LogP contribution in [0.1, 0.15) is 43.5 Å². The fourth-order valence-corrected chi connectivity index (χ4v) is 4.62. The van der Waals surface area contributed by atoms with E-state index in [9.17, 15) is 19.2 Å². The number of aromatic nitrogens is 4. The zero-order valence-electron chi connectivity index (χ0n) is 21.4. The molecule has 3 heterocycles. The van der Waals surface area contributed by atoms with E-state index in [4.69, 9.17) is 10.7 Å². The lowest BCUT2D eigenvalue weighted by Crippen LogP contribution is -2.44. The molecule has 0 aliphatic carbocycles. The second kappa shape index (κ2) is 11.0. The van der Waals surface area contributed by atoms with Crippen molar-refractivity contribution in [3.63, 3.8) is 0 Å². The van der Waals surface area contributed by atoms with E-state index in [0.717, 1.165) is 24.0 Å². The zero-order chi connectivity index (χ0) is 26.7. The third-order valence-electron chi connectivity index (χ3n) is 6.60. The highest BCUT2D eigenvalue weighted by Crippen LogP contribution is 2.23. The van der Waals surface area contributed by atoms with Crippen LogP contribution in [0.25, 0.3) is 11.2 Å². The monoisotopic (exact) mass is 507 g/mol. The Hall–Kier alpha value is -3.99. The van der Waals surface area contributed by atoms with E-state index in [-0.39, 0.29) is 35.1 Å². The Kier molecular flexibility index (Phi) is 7.72. The number of imidazole rings is 1. The quantitative estimate of drug-likeness (QED) is 0.349. The molecule has 1 unspecified atom stereocenters. The van der Waals surface area contributed by atoms with E-state index in [0.29, 0.717) is 24.7 Å². The molecule has 1 aliphatic heterocycles. The fraction of sp³-hybridized carbons (Fsp3) is 0.423. The Bertz CT molecular complexity index is 1480. The summed E-state index contributed by atoms with van der Waals surface area (Å²) in [5, 5.41) is 2.70. The molecule has 2 aromatic heterocycles. The number of carbonyl (C=O) groups excluding carboxylic acids is 2. The highest BCUT2D eigenvalue weighted by atomic mass is 16.2. The third-order valence-corrected chi connectivity index (χ3v) is 6.60. The second-order valence-electron chi connectivity index (χ2n) is 9.22. The van der Waals surface area contributed by atoms with Gasteiger partial charge in [0.25, 0.3) is 5.56 Å². The average molecular weight is 508 g/mol. The summed E-state index contributed by atoms with van der Waals surface area (Å²) in [6.45, 7) is 4.84. The molecule has 0 radical (unpaired) electrons. The molecule has 0 spiro atoms. The van der Waals surface area contributed by atoms with Gasteiger partial charge < -0.3 is 20.5 Å². The molecule has 1 atom stereocenters. The van der Waals surface area contributed by atoms with Crippen molar-refractivity contribution in [2.24, 2.45) is 12.8 Å². The van der Waals surface area contributed by atoms with Crippen molar-refractivity contribution in [1.29, 1.82) is 0 Å². The summed E-state index contributed by atoms with van der Waals surface area (Å²) in [6, 6.07) is 6.55. The number of carbonyl (C=O) groups is 2. The predicted octanol–water partition coefficient (Wildman–Crippen LogP) is 1.63. The van der Waals surface area contributed by atoms with Crippen LogP contribution in [0.4, 0.5) is 11.6 Å². The number of hydrogen-bond acceptors (Lipinski definition) is 7. The van der Waals surface area contributed by atoms with Crippen LogP contribution in [0.2, 0.25) is 0 Å². The molecule has 0 saturated carbocycles. The van der Waals surface area contributed by atoms with Crippen LogP contribution in [0.3, 0.4) is 0 Å². The van der Waals surface area contributed by atoms with Crippen LogP contribution in [0, 0.1) is 0 Å². The van der Waals surface area contributed by atoms with E-state index in [1.165, 1.54) is 4.57 Å². The Labute approximate surface area is 214 Å². The molecule has 0 bridgehead atoms. The Morgan fingerprint density at radius 2 is 1.97 bits per heavy atom. The first-order chi connectivity index (χ1) is 17.8. The van der Waals surface area contributed by atoms with Gasteiger partial charge in [0, 0.05) is 44.7 Å². The lowest BCUT2D eigenvalue weighted by molar-refractivity contribution is -0.115. The molecular formula is C26H33N7O4. The number of fused-ring (bicyclic) bond motifs is 1. The minimum atomic E-state index is -0.640. The van der Waals surface area contributed by atoms with Crippen molar-refractivity contribution in [3.05, 3.63) is 62.8 Å². The Balaban J connectivity index is 1.82. The van der Waals surface area contributed by atoms with Gasteiger partial charge in [0.05, 0.1) is 12.2 Å². The summed E-state index contributed by atoms with van der Waals surface area (Å²) in [5.74, 6) is -0.132. The van der Waals surface area contributed by atoms with Gasteiger partial charge in [-0.05, 0) is 31.9 Å². The summed E-state index contributed by atoms with van der Waals surface area (Å²) in [7, 11) is 1.54. The maximum atomic E-state index is 13.7. The zero-order valence-corrected chi connectivity index (χ0v) is 21.4. The molecule has 11 heteroatoms. The van der Waals surface area contributed by atoms with Crippen molar-refractivity contribution in [1.82, 2.24) is 18.7 Å². The Morgan fingerprint density at radius 1 is 1.22 bits per heavy atom. The molecule has 1 fully saturated rings. The van der Waals surface area contributed by atoms with Gasteiger partial charge in [0.2, 0.25) is 11.9 Å². The number of piperidine rings is 1. The summed E-state index contributed by atoms with van der Waals surface area (Å²) in [6.07, 6.45) is 5.85. The number of ketones is 1. The summed E-state index contributed by atoms with van der Waals surface area (Å²) >= 11 is 0. The molecule has 4 rings (SSSR count). The standard InChI is InChI=1S/C26H33N7O4/c1-4-6-14-32-22-23(29-25(32)31-13-9-10-17(27)15-31)30(3)26(37)33(24(22)36)16-20(34)18-11-7-8-12-19(18)28-21(35)5-2/h4,6-8,11-12,17H,5,9-10,13-16,27H2,1-3H3,(H,28,35). The van der Waals surface area contributed by atoms with E-state index in [2.05, 4.69) is 5.32 Å². The maximum absolute atomic E-state index is 13.7. The fourth-order valence-electron chi connectivity index (χ4n) is 4.62. The number of Topliss-reactive ketones (excluding diaryl/α,β-unsaturated/α-hetero) is 1. The first-order valence-electron chi connectivity index (χ1n) is 12.5. The second-order valence-corrected chi connectivity index (χ2v) is 9.22. The summed E-state index contributed by atoms with van der Waals surface area (Å²) in [4.78, 5) is 58.9. The number of rotatable bonds is 8. The van der Waals surface area contributed by atoms with Gasteiger partial charge in [0.15, 0.2) is 16.9 Å². The van der Waals surface area contributed by atoms with Crippen molar-refractivity contribution in [3.8, 4) is 0 Å². The van der Waals surface area contributed by atoms with Crippen LogP contribution < -0.4 is 27.2 Å². The van der Waals surface area contributed by atoms with Gasteiger partial charge in [-0.2, -0.15) is 4.98 Å². The lowest BCUT2D eigenvalue weighted by Gasteiger charge is -2.31. The smallest absolute Gasteiger partial charge is 0.332 e. The van der Waals surface area contributed by atoms with Crippen molar-refractivity contribution in [2.45, 2.75) is 52.2 Å². The molecule has 11 nitrogen and oxygen atoms in total. The third kappa shape index (κ3) is 5.12. The molecular weight excluding hydrogens is 474 g/mol. The van der Waals surface area contributed by atoms with Gasteiger partial charge in [0.1, 0.15) is 0 Å². The molecule has 1 saturated heterocycles. The van der Waals surface area contributed by atoms with E-state index < -0.39 is 23.6 Å². The first kappa shape index (κ1) is 26.1. The number of amides is 1. The lowest BCUT2D eigenvalue weighted by atomic mass is 10.1. The van der Waals surface area contributed by atoms with Gasteiger partial charge in [-0.15, -0.1) is 0 Å². The SMILES string of the molecule is CC=CCn1c(N2CCCC(N)C2)nc2c1c(=O)n(CC(=O)c1ccccc1NC(=O)CC)c(=O)n2C. The number of para-hydroxylation sites is 1. The maximum Gasteiger partial charge on any atom is 0.332 e. The number of nitrogens with one attached hydrogen (secondary N) is 1. The molecule has 1 aromatic carbocycles. The largest absolute Gasteiger partial charge is 0.341 e. The van der Waals surface area contributed by atoms with Crippen molar-refractivity contribution in [2.75, 3.05) is 23.3 Å². The van der Waals surface area contributed by atoms with E-state index in [1.54, 1.807) is 42.8 Å². The molecule has 3 N–H and O–H groups in total. The number of benzene rings is 1. The van der Waals surface area contributed by atoms with Crippen molar-refractivity contribution >= 4 is 34.5 Å². The molecule has 3 aromatic rings. The van der Waals surface area contributed by atoms with E-state index in [1.807, 2.05) is 24.0 Å². The van der Waals surface area contributed by atoms with E-state index >= 15 is 0 Å². The normalized spacial score (nSPS) is 16.0. The number of nitrogens with two attached hydrogens (primary N) is 1. The highest BCUT2D eigenvalue weighted by molar-refractivity contribution is 6.04. The first-order valence-corrected chi connectivity index (χ1v) is 12.5. The van der Waals surface area contributed by atoms with Crippen LogP contribution in [-0.2, 0) is 24.9 Å². The minimum Gasteiger partial charge on any atom is -0.341 e. The van der Waals surface area contributed by atoms with Crippen LogP contribution in [-0.4, -0.2) is 49.5 Å². The number of nitrogens with zero attached hydrogens (tertiary/aromatic N) is 5. The van der Waals surface area contributed by atoms with Crippen LogP contribution >= 0.6 is 0 Å². The van der Waals surface area contributed by atoms with Crippen molar-refractivity contribution < 1.29 is 9.59 Å². The van der Waals surface area contributed by atoms with Crippen LogP contribution in [0.15, 0.2) is 46.0 Å². The molecule has 37 heavy (non-hydrogen) atoms. The Morgan fingerprint density at radius 3 is 2.68 bits per heavy atom. The number of allylic oxidation sites excluding steroid dienone is 2. The highest BCUT2D eigenvalue weighted by Gasteiger charge is 2.26. The number of anilines is 2. The molecule has 1 aliphatic rings. The summed E-state index contributed by atoms with van der Waals surface area (Å²) in [5.41, 5.74) is 6.04. The van der Waals surface area contributed by atoms with Gasteiger partial charge in [-0.25, -0.2) is 4.79 Å². The number of hydrogen-bond donors (Lipinski definition) is 2. The van der Waals surface area contributed by atoms with Gasteiger partial charge in [-0.1, -0.05) is 31.2 Å². The number of aryl methyl sites for hydroxylation is 1. The minimum absolute atomic E-state index is 0.00454. The average Bonchev–Trinajstić information content (AvgIpc) is 3.28. The molecule has 1 amide bonds. The summed E-state index contributed by atoms with van der Waals surface area (Å²) < 4.78 is 4.02.